The van der Waals surface area contributed by atoms with Crippen molar-refractivity contribution in [1.29, 1.82) is 0 Å². The van der Waals surface area contributed by atoms with Crippen LogP contribution >= 0.6 is 0 Å². The monoisotopic (exact) mass is 411 g/mol. The number of para-hydroxylation sites is 1. The summed E-state index contributed by atoms with van der Waals surface area (Å²) in [6, 6.07) is 11.1. The summed E-state index contributed by atoms with van der Waals surface area (Å²) in [7, 11) is 0. The number of carbonyl (C=O) groups excluding carboxylic acids is 2. The van der Waals surface area contributed by atoms with Crippen molar-refractivity contribution in [2.24, 2.45) is 5.92 Å². The largest absolute Gasteiger partial charge is 0.448 e. The summed E-state index contributed by atoms with van der Waals surface area (Å²) in [5, 5.41) is 7.18. The first-order valence-corrected chi connectivity index (χ1v) is 9.89. The number of piperidine rings is 1. The normalized spacial score (nSPS) is 15.2. The number of nitrogens with zero attached hydrogens (tertiary/aromatic N) is 2. The zero-order valence-electron chi connectivity index (χ0n) is 16.3. The lowest BCUT2D eigenvalue weighted by molar-refractivity contribution is 0.0813. The summed E-state index contributed by atoms with van der Waals surface area (Å²) in [5.41, 5.74) is 1.56. The van der Waals surface area contributed by atoms with Crippen LogP contribution in [0, 0.1) is 11.7 Å². The van der Waals surface area contributed by atoms with Gasteiger partial charge in [-0.3, -0.25) is 15.0 Å². The van der Waals surface area contributed by atoms with Gasteiger partial charge in [-0.25, -0.2) is 9.18 Å². The Morgan fingerprint density at radius 2 is 1.93 bits per heavy atom. The number of likely N-dealkylation sites (tertiary alicyclic amines) is 1. The van der Waals surface area contributed by atoms with Crippen LogP contribution in [-0.2, 0) is 4.74 Å². The van der Waals surface area contributed by atoms with E-state index < -0.39 is 6.09 Å². The molecule has 1 aliphatic rings. The van der Waals surface area contributed by atoms with Crippen molar-refractivity contribution < 1.29 is 23.2 Å². The van der Waals surface area contributed by atoms with Crippen molar-refractivity contribution in [2.45, 2.75) is 12.8 Å². The van der Waals surface area contributed by atoms with E-state index in [9.17, 15) is 14.0 Å². The molecule has 2 heterocycles. The number of hydrogen-bond acceptors (Lipinski definition) is 6. The minimum atomic E-state index is -0.555. The van der Waals surface area contributed by atoms with E-state index in [4.69, 9.17) is 9.26 Å². The van der Waals surface area contributed by atoms with E-state index >= 15 is 0 Å². The molecule has 0 bridgehead atoms. The molecule has 4 rings (SSSR count). The molecule has 8 heteroatoms. The van der Waals surface area contributed by atoms with Crippen LogP contribution in [-0.4, -0.2) is 48.2 Å². The highest BCUT2D eigenvalue weighted by Crippen LogP contribution is 2.23. The molecule has 0 saturated carbocycles. The number of rotatable bonds is 6. The molecule has 1 aromatic heterocycles. The first-order chi connectivity index (χ1) is 14.6. The maximum Gasteiger partial charge on any atom is 0.411 e. The van der Waals surface area contributed by atoms with E-state index in [-0.39, 0.29) is 24.1 Å². The zero-order chi connectivity index (χ0) is 20.9. The Kier molecular flexibility index (Phi) is 6.04. The number of Topliss-reactive ketones (excluding diaryl/α,β-unsaturated/α-hetero) is 1. The highest BCUT2D eigenvalue weighted by Gasteiger charge is 2.25. The molecule has 0 unspecified atom stereocenters. The van der Waals surface area contributed by atoms with Crippen molar-refractivity contribution in [1.82, 2.24) is 10.1 Å². The van der Waals surface area contributed by atoms with E-state index in [0.29, 0.717) is 23.4 Å². The van der Waals surface area contributed by atoms with Crippen LogP contribution in [0.15, 0.2) is 53.2 Å². The van der Waals surface area contributed by atoms with Gasteiger partial charge in [-0.05, 0) is 62.3 Å². The summed E-state index contributed by atoms with van der Waals surface area (Å²) in [4.78, 5) is 26.8. The molecule has 1 saturated heterocycles. The van der Waals surface area contributed by atoms with Gasteiger partial charge in [-0.15, -0.1) is 0 Å². The average Bonchev–Trinajstić information content (AvgIpc) is 3.24. The maximum atomic E-state index is 13.0. The summed E-state index contributed by atoms with van der Waals surface area (Å²) in [6.45, 7) is 2.34. The van der Waals surface area contributed by atoms with Crippen molar-refractivity contribution >= 4 is 28.5 Å². The molecule has 1 amide bonds. The maximum absolute atomic E-state index is 13.0. The quantitative estimate of drug-likeness (QED) is 0.615. The number of fused-ring (bicyclic) bond motifs is 1. The second-order valence-electron chi connectivity index (χ2n) is 7.30. The second-order valence-corrected chi connectivity index (χ2v) is 7.30. The molecule has 0 radical (unpaired) electrons. The molecule has 156 valence electrons. The Bertz CT molecular complexity index is 1030. The summed E-state index contributed by atoms with van der Waals surface area (Å²) in [5.74, 6) is -0.340. The van der Waals surface area contributed by atoms with Crippen molar-refractivity contribution in [3.05, 3.63) is 60.0 Å². The molecule has 1 aliphatic heterocycles. The van der Waals surface area contributed by atoms with Crippen LogP contribution in [0.2, 0.25) is 0 Å². The number of carbonyl (C=O) groups is 2. The van der Waals surface area contributed by atoms with Gasteiger partial charge in [0.05, 0.1) is 11.9 Å². The highest BCUT2D eigenvalue weighted by molar-refractivity contribution is 5.98. The van der Waals surface area contributed by atoms with Crippen LogP contribution in [0.1, 0.15) is 23.2 Å². The molecule has 1 N–H and O–H groups in total. The van der Waals surface area contributed by atoms with E-state index in [0.717, 1.165) is 31.3 Å². The Morgan fingerprint density at radius 1 is 1.17 bits per heavy atom. The first-order valence-electron chi connectivity index (χ1n) is 9.89. The van der Waals surface area contributed by atoms with Crippen LogP contribution in [0.5, 0.6) is 0 Å². The lowest BCUT2D eigenvalue weighted by atomic mass is 9.89. The van der Waals surface area contributed by atoms with E-state index in [1.807, 2.05) is 6.07 Å². The Balaban J connectivity index is 1.19. The molecular formula is C22H22FN3O4. The van der Waals surface area contributed by atoms with Crippen molar-refractivity contribution in [3.63, 3.8) is 0 Å². The molecule has 3 aromatic rings. The van der Waals surface area contributed by atoms with Crippen LogP contribution < -0.4 is 5.32 Å². The SMILES string of the molecule is O=C(Nc1cccc2cnoc12)OCCN1CCC(C(=O)c2ccc(F)cc2)CC1. The number of nitrogens with one attached hydrogen (secondary N) is 1. The van der Waals surface area contributed by atoms with Gasteiger partial charge in [0.2, 0.25) is 0 Å². The van der Waals surface area contributed by atoms with E-state index in [2.05, 4.69) is 15.4 Å². The van der Waals surface area contributed by atoms with Gasteiger partial charge in [-0.1, -0.05) is 11.2 Å². The summed E-state index contributed by atoms with van der Waals surface area (Å²) >= 11 is 0. The lowest BCUT2D eigenvalue weighted by Crippen LogP contribution is -2.38. The number of halogens is 1. The predicted molar refractivity (Wildman–Crippen MR) is 109 cm³/mol. The topological polar surface area (TPSA) is 84.7 Å². The fourth-order valence-corrected chi connectivity index (χ4v) is 3.67. The number of anilines is 1. The molecule has 30 heavy (non-hydrogen) atoms. The van der Waals surface area contributed by atoms with Gasteiger partial charge in [0.25, 0.3) is 0 Å². The fraction of sp³-hybridized carbons (Fsp3) is 0.318. The van der Waals surface area contributed by atoms with Gasteiger partial charge < -0.3 is 9.26 Å². The fourth-order valence-electron chi connectivity index (χ4n) is 3.67. The zero-order valence-corrected chi connectivity index (χ0v) is 16.3. The minimum absolute atomic E-state index is 0.0571. The van der Waals surface area contributed by atoms with Crippen molar-refractivity contribution in [3.8, 4) is 0 Å². The first kappa shape index (κ1) is 20.0. The number of hydrogen-bond donors (Lipinski definition) is 1. The number of ether oxygens (including phenoxy) is 1. The van der Waals surface area contributed by atoms with Gasteiger partial charge in [0.1, 0.15) is 12.4 Å². The van der Waals surface area contributed by atoms with Crippen molar-refractivity contribution in [2.75, 3.05) is 31.6 Å². The van der Waals surface area contributed by atoms with Crippen LogP contribution in [0.3, 0.4) is 0 Å². The van der Waals surface area contributed by atoms with Gasteiger partial charge in [0.15, 0.2) is 11.4 Å². The van der Waals surface area contributed by atoms with Crippen LogP contribution in [0.25, 0.3) is 11.0 Å². The average molecular weight is 411 g/mol. The Morgan fingerprint density at radius 3 is 2.70 bits per heavy atom. The number of amides is 1. The molecule has 0 atom stereocenters. The number of aromatic nitrogens is 1. The lowest BCUT2D eigenvalue weighted by Gasteiger charge is -2.31. The number of ketones is 1. The number of benzene rings is 2. The standard InChI is InChI=1S/C22H22FN3O4/c23-18-6-4-15(5-7-18)20(27)16-8-10-26(11-9-16)12-13-29-22(28)25-19-3-1-2-17-14-24-30-21(17)19/h1-7,14,16H,8-13H2,(H,25,28). The third-order valence-corrected chi connectivity index (χ3v) is 5.35. The predicted octanol–water partition coefficient (Wildman–Crippen LogP) is 4.11. The summed E-state index contributed by atoms with van der Waals surface area (Å²) in [6.07, 6.45) is 2.49. The Labute approximate surface area is 172 Å². The third kappa shape index (κ3) is 4.65. The van der Waals surface area contributed by atoms with Gasteiger partial charge in [0, 0.05) is 23.4 Å². The van der Waals surface area contributed by atoms with Gasteiger partial charge >= 0.3 is 6.09 Å². The summed E-state index contributed by atoms with van der Waals surface area (Å²) < 4.78 is 23.4. The second kappa shape index (κ2) is 9.04. The minimum Gasteiger partial charge on any atom is -0.448 e. The van der Waals surface area contributed by atoms with Crippen LogP contribution in [0.4, 0.5) is 14.9 Å². The molecule has 0 spiro atoms. The van der Waals surface area contributed by atoms with E-state index in [1.165, 1.54) is 24.3 Å². The van der Waals surface area contributed by atoms with Gasteiger partial charge in [-0.2, -0.15) is 0 Å². The Hall–Kier alpha value is -3.26. The molecular weight excluding hydrogens is 389 g/mol. The molecule has 0 aliphatic carbocycles. The smallest absolute Gasteiger partial charge is 0.411 e. The molecule has 2 aromatic carbocycles. The highest BCUT2D eigenvalue weighted by atomic mass is 19.1. The molecule has 7 nitrogen and oxygen atoms in total. The third-order valence-electron chi connectivity index (χ3n) is 5.35. The molecule has 1 fully saturated rings. The van der Waals surface area contributed by atoms with E-state index in [1.54, 1.807) is 18.3 Å².